The molecule has 1 nitrogen and oxygen atoms in total. The molecule has 1 unspecified atom stereocenters. The molecule has 0 saturated heterocycles. The third kappa shape index (κ3) is 2.56. The number of hydrogen-bond acceptors (Lipinski definition) is 1. The molecule has 0 aliphatic carbocycles. The van der Waals surface area contributed by atoms with Gasteiger partial charge in [-0.25, -0.2) is 8.78 Å². The highest BCUT2D eigenvalue weighted by Crippen LogP contribution is 2.31. The fraction of sp³-hybridized carbons (Fsp3) is 0.188. The molecule has 0 fully saturated rings. The first kappa shape index (κ1) is 13.2. The van der Waals surface area contributed by atoms with Crippen LogP contribution in [0.5, 0.6) is 0 Å². The Balaban J connectivity index is 1.91. The van der Waals surface area contributed by atoms with E-state index in [4.69, 9.17) is 12.2 Å². The molecule has 4 heteroatoms. The Kier molecular flexibility index (Phi) is 3.49. The molecule has 20 heavy (non-hydrogen) atoms. The van der Waals surface area contributed by atoms with Crippen LogP contribution < -0.4 is 5.32 Å². The minimum absolute atomic E-state index is 0.0288. The average Bonchev–Trinajstić information content (AvgIpc) is 2.58. The minimum atomic E-state index is -0.278. The molecule has 1 atom stereocenters. The Hall–Kier alpha value is -1.81. The molecule has 0 bridgehead atoms. The van der Waals surface area contributed by atoms with Crippen molar-refractivity contribution in [1.82, 2.24) is 0 Å². The number of fused-ring (bicyclic) bond motifs is 1. The van der Waals surface area contributed by atoms with Gasteiger partial charge in [0.05, 0.1) is 4.99 Å². The Morgan fingerprint density at radius 2 is 1.70 bits per heavy atom. The van der Waals surface area contributed by atoms with Crippen LogP contribution in [-0.4, -0.2) is 4.99 Å². The first-order valence-corrected chi connectivity index (χ1v) is 6.89. The highest BCUT2D eigenvalue weighted by Gasteiger charge is 2.22. The summed E-state index contributed by atoms with van der Waals surface area (Å²) in [6.45, 7) is 0. The second-order valence-corrected chi connectivity index (χ2v) is 5.37. The quantitative estimate of drug-likeness (QED) is 0.779. The first-order valence-electron chi connectivity index (χ1n) is 6.48. The van der Waals surface area contributed by atoms with Gasteiger partial charge in [0.15, 0.2) is 0 Å². The SMILES string of the molecule is Fc1ccc(C2CCc3ccc(F)cc3NC2=S)cc1. The van der Waals surface area contributed by atoms with Crippen molar-refractivity contribution in [3.8, 4) is 0 Å². The molecule has 1 aliphatic rings. The third-order valence-electron chi connectivity index (χ3n) is 3.62. The van der Waals surface area contributed by atoms with Crippen LogP contribution in [0.15, 0.2) is 42.5 Å². The summed E-state index contributed by atoms with van der Waals surface area (Å²) in [5.74, 6) is -0.507. The van der Waals surface area contributed by atoms with Crippen LogP contribution in [0.2, 0.25) is 0 Å². The number of rotatable bonds is 1. The van der Waals surface area contributed by atoms with E-state index in [-0.39, 0.29) is 17.6 Å². The number of aryl methyl sites for hydroxylation is 1. The lowest BCUT2D eigenvalue weighted by molar-refractivity contribution is 0.626. The van der Waals surface area contributed by atoms with Crippen LogP contribution in [0.25, 0.3) is 0 Å². The van der Waals surface area contributed by atoms with Crippen LogP contribution in [0.1, 0.15) is 23.5 Å². The molecule has 2 aromatic rings. The third-order valence-corrected chi connectivity index (χ3v) is 4.01. The van der Waals surface area contributed by atoms with E-state index >= 15 is 0 Å². The van der Waals surface area contributed by atoms with Crippen molar-refractivity contribution in [3.05, 3.63) is 65.2 Å². The monoisotopic (exact) mass is 289 g/mol. The molecule has 0 spiro atoms. The summed E-state index contributed by atoms with van der Waals surface area (Å²) in [5.41, 5.74) is 2.77. The summed E-state index contributed by atoms with van der Waals surface area (Å²) in [4.78, 5) is 0.654. The van der Waals surface area contributed by atoms with Crippen molar-refractivity contribution in [2.45, 2.75) is 18.8 Å². The molecule has 0 aromatic heterocycles. The van der Waals surface area contributed by atoms with Crippen molar-refractivity contribution in [2.24, 2.45) is 0 Å². The maximum absolute atomic E-state index is 13.3. The lowest BCUT2D eigenvalue weighted by atomic mass is 9.93. The fourth-order valence-electron chi connectivity index (χ4n) is 2.55. The van der Waals surface area contributed by atoms with Crippen molar-refractivity contribution < 1.29 is 8.78 Å². The minimum Gasteiger partial charge on any atom is -0.349 e. The Bertz CT molecular complexity index is 652. The van der Waals surface area contributed by atoms with Gasteiger partial charge in [0, 0.05) is 11.6 Å². The second-order valence-electron chi connectivity index (χ2n) is 4.93. The predicted molar refractivity (Wildman–Crippen MR) is 80.1 cm³/mol. The van der Waals surface area contributed by atoms with E-state index in [1.807, 2.05) is 0 Å². The van der Waals surface area contributed by atoms with E-state index in [1.54, 1.807) is 18.2 Å². The number of benzene rings is 2. The van der Waals surface area contributed by atoms with Gasteiger partial charge in [-0.1, -0.05) is 30.4 Å². The highest BCUT2D eigenvalue weighted by atomic mass is 32.1. The summed E-state index contributed by atoms with van der Waals surface area (Å²) < 4.78 is 26.3. The standard InChI is InChI=1S/C16H13F2NS/c17-12-5-1-10(2-6-12)14-8-4-11-3-7-13(18)9-15(11)19-16(14)20/h1-3,5-7,9,14H,4,8H2,(H,19,20). The van der Waals surface area contributed by atoms with Gasteiger partial charge in [-0.15, -0.1) is 0 Å². The molecule has 3 rings (SSSR count). The van der Waals surface area contributed by atoms with Crippen LogP contribution in [0.4, 0.5) is 14.5 Å². The summed E-state index contributed by atoms with van der Waals surface area (Å²) in [6, 6.07) is 11.1. The molecule has 1 heterocycles. The summed E-state index contributed by atoms with van der Waals surface area (Å²) >= 11 is 5.42. The smallest absolute Gasteiger partial charge is 0.125 e. The van der Waals surface area contributed by atoms with Crippen molar-refractivity contribution in [2.75, 3.05) is 5.32 Å². The zero-order valence-electron chi connectivity index (χ0n) is 10.7. The molecule has 2 aromatic carbocycles. The number of halogens is 2. The number of thiocarbonyl (C=S) groups is 1. The zero-order chi connectivity index (χ0) is 14.1. The lowest BCUT2D eigenvalue weighted by Gasteiger charge is -2.16. The van der Waals surface area contributed by atoms with E-state index in [0.29, 0.717) is 4.99 Å². The van der Waals surface area contributed by atoms with E-state index in [2.05, 4.69) is 5.32 Å². The molecule has 0 amide bonds. The molecule has 1 aliphatic heterocycles. The van der Waals surface area contributed by atoms with Gasteiger partial charge in [-0.05, 0) is 48.2 Å². The molecule has 0 radical (unpaired) electrons. The van der Waals surface area contributed by atoms with E-state index < -0.39 is 0 Å². The lowest BCUT2D eigenvalue weighted by Crippen LogP contribution is -2.17. The first-order chi connectivity index (χ1) is 9.63. The Morgan fingerprint density at radius 3 is 2.45 bits per heavy atom. The van der Waals surface area contributed by atoms with Gasteiger partial charge >= 0.3 is 0 Å². The summed E-state index contributed by atoms with van der Waals surface area (Å²) in [6.07, 6.45) is 1.64. The van der Waals surface area contributed by atoms with E-state index in [0.717, 1.165) is 29.7 Å². The van der Waals surface area contributed by atoms with Crippen LogP contribution in [-0.2, 0) is 6.42 Å². The van der Waals surface area contributed by atoms with Crippen molar-refractivity contribution in [3.63, 3.8) is 0 Å². The fourth-order valence-corrected chi connectivity index (χ4v) is 2.91. The topological polar surface area (TPSA) is 12.0 Å². The molecular weight excluding hydrogens is 276 g/mol. The maximum atomic E-state index is 13.3. The van der Waals surface area contributed by atoms with Crippen LogP contribution in [0, 0.1) is 11.6 Å². The van der Waals surface area contributed by atoms with Gasteiger partial charge in [0.1, 0.15) is 11.6 Å². The number of hydrogen-bond donors (Lipinski definition) is 1. The van der Waals surface area contributed by atoms with Crippen molar-refractivity contribution in [1.29, 1.82) is 0 Å². The highest BCUT2D eigenvalue weighted by molar-refractivity contribution is 7.80. The zero-order valence-corrected chi connectivity index (χ0v) is 11.5. The normalized spacial score (nSPS) is 18.1. The molecule has 1 N–H and O–H groups in total. The number of anilines is 1. The predicted octanol–water partition coefficient (Wildman–Crippen LogP) is 4.43. The van der Waals surface area contributed by atoms with Gasteiger partial charge in [-0.2, -0.15) is 0 Å². The van der Waals surface area contributed by atoms with E-state index in [1.165, 1.54) is 24.3 Å². The van der Waals surface area contributed by atoms with Crippen molar-refractivity contribution >= 4 is 22.9 Å². The average molecular weight is 289 g/mol. The van der Waals surface area contributed by atoms with Gasteiger partial charge in [0.25, 0.3) is 0 Å². The molecule has 0 saturated carbocycles. The largest absolute Gasteiger partial charge is 0.349 e. The van der Waals surface area contributed by atoms with Gasteiger partial charge < -0.3 is 5.32 Å². The van der Waals surface area contributed by atoms with Gasteiger partial charge in [0.2, 0.25) is 0 Å². The molecular formula is C16H13F2NS. The Morgan fingerprint density at radius 1 is 1.00 bits per heavy atom. The second kappa shape index (κ2) is 5.29. The van der Waals surface area contributed by atoms with Crippen LogP contribution in [0.3, 0.4) is 0 Å². The number of nitrogens with one attached hydrogen (secondary N) is 1. The summed E-state index contributed by atoms with van der Waals surface area (Å²) in [7, 11) is 0. The molecule has 102 valence electrons. The van der Waals surface area contributed by atoms with Gasteiger partial charge in [-0.3, -0.25) is 0 Å². The van der Waals surface area contributed by atoms with Crippen LogP contribution >= 0.6 is 12.2 Å². The Labute approximate surface area is 121 Å². The maximum Gasteiger partial charge on any atom is 0.125 e. The van der Waals surface area contributed by atoms with E-state index in [9.17, 15) is 8.78 Å². The summed E-state index contributed by atoms with van der Waals surface area (Å²) in [5, 5.41) is 3.12.